The first-order valence-electron chi connectivity index (χ1n) is 16.0. The molecule has 0 aliphatic rings. The van der Waals surface area contributed by atoms with Crippen LogP contribution in [0.15, 0.2) is 61.7 Å². The van der Waals surface area contributed by atoms with E-state index in [0.29, 0.717) is 0 Å². The maximum atomic E-state index is 5.40. The molecule has 46 heavy (non-hydrogen) atoms. The van der Waals surface area contributed by atoms with Gasteiger partial charge in [0.05, 0.1) is 0 Å². The summed E-state index contributed by atoms with van der Waals surface area (Å²) >= 11 is 0. The first-order chi connectivity index (χ1) is 22.4. The van der Waals surface area contributed by atoms with Crippen molar-refractivity contribution >= 4 is 29.8 Å². The van der Waals surface area contributed by atoms with E-state index in [1.165, 1.54) is 11.1 Å². The Balaban J connectivity index is 0.000000460. The molecule has 12 heteroatoms. The lowest BCUT2D eigenvalue weighted by Gasteiger charge is -2.24. The molecule has 0 spiro atoms. The Hall–Kier alpha value is -2.05. The third kappa shape index (κ3) is 17.2. The van der Waals surface area contributed by atoms with E-state index >= 15 is 0 Å². The lowest BCUT2D eigenvalue weighted by molar-refractivity contribution is 0.122. The maximum absolute atomic E-state index is 5.40. The average Bonchev–Trinajstić information content (AvgIpc) is 3.12. The van der Waals surface area contributed by atoms with Gasteiger partial charge in [-0.25, -0.2) is 0 Å². The summed E-state index contributed by atoms with van der Waals surface area (Å²) in [7, 11) is 5.09. The second-order valence-corrected chi connectivity index (χ2v) is 16.7. The summed E-state index contributed by atoms with van der Waals surface area (Å²) in [6, 6.07) is 18.5. The van der Waals surface area contributed by atoms with Gasteiger partial charge in [-0.3, -0.25) is 0 Å². The van der Waals surface area contributed by atoms with Crippen LogP contribution in [-0.4, -0.2) is 99.5 Å². The van der Waals surface area contributed by atoms with Gasteiger partial charge in [-0.05, 0) is 48.2 Å². The zero-order chi connectivity index (χ0) is 33.9. The molecule has 0 aromatic heterocycles. The molecule has 2 aromatic carbocycles. The van der Waals surface area contributed by atoms with Gasteiger partial charge in [0.1, 0.15) is 0 Å². The van der Waals surface area contributed by atoms with Crippen LogP contribution in [-0.2, 0) is 39.6 Å². The van der Waals surface area contributed by atoms with E-state index in [9.17, 15) is 0 Å². The third-order valence-corrected chi connectivity index (χ3v) is 13.2. The van der Waals surface area contributed by atoms with Crippen molar-refractivity contribution < 1.29 is 26.6 Å². The Morgan fingerprint density at radius 1 is 0.478 bits per heavy atom. The van der Waals surface area contributed by atoms with Crippen molar-refractivity contribution in [2.75, 3.05) is 81.9 Å². The van der Waals surface area contributed by atoms with E-state index in [4.69, 9.17) is 26.6 Å². The van der Waals surface area contributed by atoms with E-state index in [2.05, 4.69) is 83.0 Å². The molecule has 10 nitrogen and oxygen atoms in total. The minimum Gasteiger partial charge on any atom is -0.377 e. The fourth-order valence-corrected chi connectivity index (χ4v) is 8.03. The Kier molecular flexibility index (Phi) is 23.7. The highest BCUT2D eigenvalue weighted by Gasteiger charge is 2.37. The zero-order valence-corrected chi connectivity index (χ0v) is 31.1. The van der Waals surface area contributed by atoms with Gasteiger partial charge >= 0.3 is 17.6 Å². The topological polar surface area (TPSA) is 104 Å². The Bertz CT molecular complexity index is 939. The molecular formula is C34H60N4O6Si2. The van der Waals surface area contributed by atoms with Crippen LogP contribution >= 0.6 is 0 Å². The molecule has 2 aromatic rings. The summed E-state index contributed by atoms with van der Waals surface area (Å²) in [4.78, 5) is 0. The summed E-state index contributed by atoms with van der Waals surface area (Å²) in [6.45, 7) is 14.9. The third-order valence-electron chi connectivity index (χ3n) is 7.59. The van der Waals surface area contributed by atoms with Crippen LogP contribution in [0, 0.1) is 0 Å². The van der Waals surface area contributed by atoms with E-state index in [1.54, 1.807) is 42.7 Å². The number of hydrogen-bond acceptors (Lipinski definition) is 10. The van der Waals surface area contributed by atoms with Crippen LogP contribution in [0.1, 0.15) is 35.1 Å². The summed E-state index contributed by atoms with van der Waals surface area (Å²) in [6.07, 6.45) is 5.67. The second-order valence-electron chi connectivity index (χ2n) is 10.5. The zero-order valence-electron chi connectivity index (χ0n) is 29.1. The number of hydrogen-bond donors (Lipinski definition) is 4. The van der Waals surface area contributed by atoms with Crippen molar-refractivity contribution in [3.63, 3.8) is 0 Å². The van der Waals surface area contributed by atoms with Crippen molar-refractivity contribution in [2.45, 2.75) is 38.0 Å². The summed E-state index contributed by atoms with van der Waals surface area (Å²) in [5.41, 5.74) is 4.87. The molecule has 0 aliphatic carbocycles. The van der Waals surface area contributed by atoms with Crippen LogP contribution in [0.25, 0.3) is 12.2 Å². The van der Waals surface area contributed by atoms with E-state index < -0.39 is 17.6 Å². The highest BCUT2D eigenvalue weighted by Crippen LogP contribution is 2.15. The van der Waals surface area contributed by atoms with Crippen LogP contribution in [0.2, 0.25) is 12.1 Å². The fraction of sp³-hybridized carbons (Fsp3) is 0.529. The SMILES string of the molecule is C=Cc1ccc(CNCCNCCC[Si](OC)(OC)OC)cc1.C=Cc1ccc(CNCCNCCC[Si](OC)(OC)OC)cc1. The van der Waals surface area contributed by atoms with E-state index in [0.717, 1.165) is 88.4 Å². The van der Waals surface area contributed by atoms with Crippen molar-refractivity contribution in [2.24, 2.45) is 0 Å². The van der Waals surface area contributed by atoms with Gasteiger partial charge in [0, 0.05) is 94.0 Å². The first-order valence-corrected chi connectivity index (χ1v) is 19.8. The molecule has 0 saturated carbocycles. The van der Waals surface area contributed by atoms with E-state index in [-0.39, 0.29) is 0 Å². The van der Waals surface area contributed by atoms with Crippen molar-refractivity contribution in [3.05, 3.63) is 83.9 Å². The summed E-state index contributed by atoms with van der Waals surface area (Å²) in [5, 5.41) is 13.7. The van der Waals surface area contributed by atoms with Crippen LogP contribution in [0.4, 0.5) is 0 Å². The van der Waals surface area contributed by atoms with Gasteiger partial charge in [0.25, 0.3) is 0 Å². The number of nitrogens with one attached hydrogen (secondary N) is 4. The predicted molar refractivity (Wildman–Crippen MR) is 195 cm³/mol. The molecule has 260 valence electrons. The van der Waals surface area contributed by atoms with Gasteiger partial charge in [-0.2, -0.15) is 0 Å². The second kappa shape index (κ2) is 26.0. The molecule has 0 saturated heterocycles. The van der Waals surface area contributed by atoms with Gasteiger partial charge in [-0.15, -0.1) is 0 Å². The lowest BCUT2D eigenvalue weighted by Crippen LogP contribution is -2.43. The summed E-state index contributed by atoms with van der Waals surface area (Å²) < 4.78 is 32.4. The average molecular weight is 677 g/mol. The molecular weight excluding hydrogens is 617 g/mol. The Morgan fingerprint density at radius 3 is 1.07 bits per heavy atom. The molecule has 0 radical (unpaired) electrons. The van der Waals surface area contributed by atoms with Gasteiger partial charge in [-0.1, -0.05) is 73.8 Å². The van der Waals surface area contributed by atoms with E-state index in [1.807, 2.05) is 12.2 Å². The van der Waals surface area contributed by atoms with Crippen LogP contribution < -0.4 is 21.3 Å². The van der Waals surface area contributed by atoms with Crippen molar-refractivity contribution in [1.82, 2.24) is 21.3 Å². The monoisotopic (exact) mass is 676 g/mol. The Morgan fingerprint density at radius 2 is 0.783 bits per heavy atom. The minimum absolute atomic E-state index is 0.826. The largest absolute Gasteiger partial charge is 0.500 e. The minimum atomic E-state index is -2.41. The lowest BCUT2D eigenvalue weighted by atomic mass is 10.1. The summed E-state index contributed by atoms with van der Waals surface area (Å²) in [5.74, 6) is 0. The molecule has 0 fully saturated rings. The van der Waals surface area contributed by atoms with Crippen LogP contribution in [0.5, 0.6) is 0 Å². The normalized spacial score (nSPS) is 11.6. The van der Waals surface area contributed by atoms with Crippen molar-refractivity contribution in [3.8, 4) is 0 Å². The first kappa shape index (κ1) is 42.0. The van der Waals surface area contributed by atoms with Gasteiger partial charge < -0.3 is 47.8 Å². The molecule has 0 amide bonds. The molecule has 0 heterocycles. The standard InChI is InChI=1S/2C17H30N2O3Si/c2*1-5-16-7-9-17(10-8-16)15-19-13-12-18-11-6-14-23(20-2,21-3)22-4/h2*5,7-10,18-19H,1,6,11-15H2,2-4H3. The maximum Gasteiger partial charge on any atom is 0.500 e. The van der Waals surface area contributed by atoms with Crippen molar-refractivity contribution in [1.29, 1.82) is 0 Å². The molecule has 0 aliphatic heterocycles. The molecule has 0 unspecified atom stereocenters. The highest BCUT2D eigenvalue weighted by atomic mass is 28.4. The van der Waals surface area contributed by atoms with Gasteiger partial charge in [0.2, 0.25) is 0 Å². The predicted octanol–water partition coefficient (Wildman–Crippen LogP) is 4.55. The Labute approximate surface area is 281 Å². The number of benzene rings is 2. The van der Waals surface area contributed by atoms with Crippen LogP contribution in [0.3, 0.4) is 0 Å². The smallest absolute Gasteiger partial charge is 0.377 e. The molecule has 4 N–H and O–H groups in total. The molecule has 0 atom stereocenters. The number of rotatable bonds is 26. The molecule has 2 rings (SSSR count). The quantitative estimate of drug-likeness (QED) is 0.0839. The highest BCUT2D eigenvalue weighted by molar-refractivity contribution is 6.60. The molecule has 0 bridgehead atoms. The van der Waals surface area contributed by atoms with Gasteiger partial charge in [0.15, 0.2) is 0 Å². The fourth-order valence-electron chi connectivity index (χ4n) is 4.58.